The highest BCUT2D eigenvalue weighted by molar-refractivity contribution is 6.04. The minimum atomic E-state index is -5.06. The molecule has 1 saturated heterocycles. The number of piperidine rings is 1. The van der Waals surface area contributed by atoms with Crippen LogP contribution in [-0.4, -0.2) is 58.5 Å². The minimum Gasteiger partial charge on any atom is -0.366 e. The first-order valence-electron chi connectivity index (χ1n) is 10.8. The van der Waals surface area contributed by atoms with Crippen LogP contribution in [0.1, 0.15) is 23.2 Å². The first-order chi connectivity index (χ1) is 16.4. The van der Waals surface area contributed by atoms with Gasteiger partial charge in [-0.25, -0.2) is 9.48 Å². The summed E-state index contributed by atoms with van der Waals surface area (Å²) < 4.78 is 38.5. The minimum absolute atomic E-state index is 0.0962. The van der Waals surface area contributed by atoms with Crippen LogP contribution in [0.25, 0.3) is 16.6 Å². The zero-order chi connectivity index (χ0) is 25.4. The van der Waals surface area contributed by atoms with Crippen molar-refractivity contribution in [1.82, 2.24) is 9.78 Å². The number of hydroxylamine groups is 3. The molecule has 35 heavy (non-hydrogen) atoms. The molecule has 1 aromatic heterocycles. The van der Waals surface area contributed by atoms with Gasteiger partial charge in [0.25, 0.3) is 5.91 Å². The van der Waals surface area contributed by atoms with Crippen LogP contribution in [0.4, 0.5) is 18.9 Å². The van der Waals surface area contributed by atoms with Crippen LogP contribution >= 0.6 is 0 Å². The molecule has 0 atom stereocenters. The van der Waals surface area contributed by atoms with Gasteiger partial charge in [-0.05, 0) is 30.3 Å². The normalized spacial score (nSPS) is 20.4. The number of carbonyl (C=O) groups excluding carboxylic acids is 3. The second-order valence-electron chi connectivity index (χ2n) is 8.61. The molecule has 0 saturated carbocycles. The fraction of sp³-hybridized carbons (Fsp3) is 0.304. The van der Waals surface area contributed by atoms with E-state index in [0.29, 0.717) is 22.5 Å². The van der Waals surface area contributed by atoms with Crippen LogP contribution in [-0.2, 0) is 14.4 Å². The number of carbonyl (C=O) groups is 3. The second-order valence-corrected chi connectivity index (χ2v) is 8.61. The number of hydrogen-bond acceptors (Lipinski definition) is 5. The van der Waals surface area contributed by atoms with Gasteiger partial charge in [-0.2, -0.15) is 18.3 Å². The van der Waals surface area contributed by atoms with Gasteiger partial charge in [0, 0.05) is 36.0 Å². The summed E-state index contributed by atoms with van der Waals surface area (Å²) in [6, 6.07) is 12.0. The Labute approximate surface area is 197 Å². The van der Waals surface area contributed by atoms with E-state index in [1.807, 2.05) is 6.07 Å². The molecule has 1 aliphatic heterocycles. The van der Waals surface area contributed by atoms with Crippen LogP contribution in [0.15, 0.2) is 48.7 Å². The number of benzene rings is 2. The monoisotopic (exact) mass is 490 g/mol. The maximum absolute atomic E-state index is 12.7. The molecule has 1 fully saturated rings. The molecule has 0 spiro atoms. The van der Waals surface area contributed by atoms with Crippen molar-refractivity contribution < 1.29 is 37.0 Å². The van der Waals surface area contributed by atoms with Crippen molar-refractivity contribution in [3.05, 3.63) is 54.2 Å². The van der Waals surface area contributed by atoms with E-state index >= 15 is 0 Å². The number of likely N-dealkylation sites (tertiary alicyclic amines) is 1. The predicted octanol–water partition coefficient (Wildman–Crippen LogP) is 2.94. The Morgan fingerprint density at radius 1 is 1.11 bits per heavy atom. The zero-order valence-corrected chi connectivity index (χ0v) is 18.7. The van der Waals surface area contributed by atoms with Crippen LogP contribution < -0.4 is 11.1 Å². The summed E-state index contributed by atoms with van der Waals surface area (Å²) in [6.07, 6.45) is -2.76. The van der Waals surface area contributed by atoms with Gasteiger partial charge in [0.05, 0.1) is 11.3 Å². The number of quaternary nitrogens is 1. The van der Waals surface area contributed by atoms with Gasteiger partial charge in [0.2, 0.25) is 5.91 Å². The summed E-state index contributed by atoms with van der Waals surface area (Å²) in [4.78, 5) is 40.0. The summed E-state index contributed by atoms with van der Waals surface area (Å²) in [6.45, 7) is 0.192. The molecule has 1 aliphatic rings. The lowest BCUT2D eigenvalue weighted by Crippen LogP contribution is -2.53. The fourth-order valence-corrected chi connectivity index (χ4v) is 4.04. The number of primary amides is 1. The van der Waals surface area contributed by atoms with E-state index in [4.69, 9.17) is 5.73 Å². The van der Waals surface area contributed by atoms with Crippen molar-refractivity contribution in [3.8, 4) is 5.69 Å². The molecule has 3 N–H and O–H groups in total. The van der Waals surface area contributed by atoms with Crippen molar-refractivity contribution in [2.75, 3.05) is 25.5 Å². The Morgan fingerprint density at radius 3 is 2.37 bits per heavy atom. The summed E-state index contributed by atoms with van der Waals surface area (Å²) in [5.74, 6) is -3.49. The third-order valence-electron chi connectivity index (χ3n) is 6.01. The number of alkyl halides is 3. The molecule has 2 amide bonds. The number of anilines is 1. The largest absolute Gasteiger partial charge is 0.497 e. The molecular weight excluding hydrogens is 467 g/mol. The van der Waals surface area contributed by atoms with Crippen LogP contribution in [0.5, 0.6) is 0 Å². The SMILES string of the molecule is C[N+]1(OC(=O)C(F)(F)F)CCC(C(=O)Nc2ccc(-n3cc4cccc(C(N)=O)c4n3)cc2)CC1. The molecule has 0 aliphatic carbocycles. The lowest BCUT2D eigenvalue weighted by molar-refractivity contribution is -1.08. The number of nitrogens with two attached hydrogens (primary N) is 1. The summed E-state index contributed by atoms with van der Waals surface area (Å²) in [5.41, 5.74) is 7.46. The number of aromatic nitrogens is 2. The van der Waals surface area contributed by atoms with Crippen molar-refractivity contribution in [3.63, 3.8) is 0 Å². The smallest absolute Gasteiger partial charge is 0.366 e. The molecule has 0 unspecified atom stereocenters. The topological polar surface area (TPSA) is 116 Å². The molecule has 4 rings (SSSR count). The summed E-state index contributed by atoms with van der Waals surface area (Å²) >= 11 is 0. The Kier molecular flexibility index (Phi) is 6.24. The molecule has 9 nitrogen and oxygen atoms in total. The van der Waals surface area contributed by atoms with E-state index in [9.17, 15) is 27.6 Å². The molecule has 184 valence electrons. The zero-order valence-electron chi connectivity index (χ0n) is 18.7. The van der Waals surface area contributed by atoms with Gasteiger partial charge in [-0.3, -0.25) is 14.4 Å². The van der Waals surface area contributed by atoms with E-state index in [2.05, 4.69) is 15.3 Å². The highest BCUT2D eigenvalue weighted by Gasteiger charge is 2.48. The van der Waals surface area contributed by atoms with Gasteiger partial charge in [0.15, 0.2) is 0 Å². The van der Waals surface area contributed by atoms with Crippen LogP contribution in [0, 0.1) is 5.92 Å². The maximum atomic E-state index is 12.7. The van der Waals surface area contributed by atoms with Gasteiger partial charge < -0.3 is 11.1 Å². The number of fused-ring (bicyclic) bond motifs is 1. The Balaban J connectivity index is 1.38. The lowest BCUT2D eigenvalue weighted by Gasteiger charge is -2.36. The molecule has 12 heteroatoms. The molecule has 0 radical (unpaired) electrons. The number of nitrogens with zero attached hydrogens (tertiary/aromatic N) is 3. The third kappa shape index (κ3) is 5.27. The summed E-state index contributed by atoms with van der Waals surface area (Å²) in [7, 11) is 1.39. The van der Waals surface area contributed by atoms with Gasteiger partial charge in [-0.1, -0.05) is 12.1 Å². The Hall–Kier alpha value is -3.93. The van der Waals surface area contributed by atoms with E-state index in [1.54, 1.807) is 47.3 Å². The Bertz CT molecular complexity index is 1280. The average molecular weight is 490 g/mol. The van der Waals surface area contributed by atoms with Crippen LogP contribution in [0.3, 0.4) is 0 Å². The van der Waals surface area contributed by atoms with Crippen LogP contribution in [0.2, 0.25) is 0 Å². The predicted molar refractivity (Wildman–Crippen MR) is 119 cm³/mol. The van der Waals surface area contributed by atoms with Gasteiger partial charge >= 0.3 is 12.1 Å². The van der Waals surface area contributed by atoms with E-state index < -0.39 is 28.6 Å². The molecule has 0 bridgehead atoms. The van der Waals surface area contributed by atoms with Crippen molar-refractivity contribution in [1.29, 1.82) is 0 Å². The second kappa shape index (κ2) is 9.02. The third-order valence-corrected chi connectivity index (χ3v) is 6.01. The number of amides is 2. The number of rotatable bonds is 5. The number of hydrogen-bond donors (Lipinski definition) is 2. The van der Waals surface area contributed by atoms with Crippen molar-refractivity contribution in [2.24, 2.45) is 11.7 Å². The van der Waals surface area contributed by atoms with E-state index in [-0.39, 0.29) is 31.8 Å². The molecule has 3 aromatic rings. The quantitative estimate of drug-likeness (QED) is 0.534. The highest BCUT2D eigenvalue weighted by atomic mass is 19.4. The standard InChI is InChI=1S/C23H22F3N5O4/c1-31(35-22(34)23(24,25)26)11-9-14(10-12-31)21(33)28-16-5-7-17(8-6-16)30-13-15-3-2-4-18(20(27)32)19(15)29-30/h2-8,13-14H,9-12H2,1H3,(H2-,27,28,32,33)/p+1. The van der Waals surface area contributed by atoms with Crippen molar-refractivity contribution in [2.45, 2.75) is 19.0 Å². The van der Waals surface area contributed by atoms with Gasteiger partial charge in [-0.15, -0.1) is 4.65 Å². The van der Waals surface area contributed by atoms with Gasteiger partial charge in [0.1, 0.15) is 25.7 Å². The molecule has 2 heterocycles. The Morgan fingerprint density at radius 2 is 1.77 bits per heavy atom. The highest BCUT2D eigenvalue weighted by Crippen LogP contribution is 2.27. The summed E-state index contributed by atoms with van der Waals surface area (Å²) in [5, 5.41) is 8.00. The molecule has 2 aromatic carbocycles. The number of nitrogens with one attached hydrogen (secondary N) is 1. The lowest BCUT2D eigenvalue weighted by atomic mass is 9.96. The number of halogens is 3. The van der Waals surface area contributed by atoms with E-state index in [0.717, 1.165) is 5.39 Å². The van der Waals surface area contributed by atoms with E-state index in [1.165, 1.54) is 7.05 Å². The average Bonchev–Trinajstić information content (AvgIpc) is 3.23. The maximum Gasteiger partial charge on any atom is 0.497 e. The first-order valence-corrected chi connectivity index (χ1v) is 10.8. The van der Waals surface area contributed by atoms with Crippen molar-refractivity contribution >= 4 is 34.4 Å². The first kappa shape index (κ1) is 24.2. The fourth-order valence-electron chi connectivity index (χ4n) is 4.04. The molecular formula is C23H23F3N5O4+.